The Morgan fingerprint density at radius 2 is 1.68 bits per heavy atom. The Morgan fingerprint density at radius 3 is 2.46 bits per heavy atom. The van der Waals surface area contributed by atoms with Crippen LogP contribution < -0.4 is 0 Å². The van der Waals surface area contributed by atoms with Crippen molar-refractivity contribution in [2.45, 2.75) is 45.1 Å². The average molecular weight is 370 g/mol. The number of rotatable bonds is 5. The van der Waals surface area contributed by atoms with E-state index in [1.807, 2.05) is 24.3 Å². The van der Waals surface area contributed by atoms with E-state index in [9.17, 15) is 4.79 Å². The molecule has 1 aliphatic rings. The Labute approximate surface area is 166 Å². The van der Waals surface area contributed by atoms with Crippen LogP contribution in [0.4, 0.5) is 0 Å². The summed E-state index contributed by atoms with van der Waals surface area (Å²) in [4.78, 5) is 12.9. The van der Waals surface area contributed by atoms with Crippen molar-refractivity contribution < 1.29 is 4.79 Å². The number of aryl methyl sites for hydroxylation is 1. The number of hydrogen-bond acceptors (Lipinski definition) is 2. The number of benzene rings is 3. The quantitative estimate of drug-likeness (QED) is 0.577. The van der Waals surface area contributed by atoms with Crippen LogP contribution in [0.15, 0.2) is 77.9 Å². The van der Waals surface area contributed by atoms with Crippen LogP contribution in [0.5, 0.6) is 0 Å². The zero-order valence-electron chi connectivity index (χ0n) is 16.6. The topological polar surface area (TPSA) is 32.7 Å². The molecule has 0 atom stereocenters. The van der Waals surface area contributed by atoms with Gasteiger partial charge < -0.3 is 0 Å². The molecule has 3 aromatic rings. The summed E-state index contributed by atoms with van der Waals surface area (Å²) in [7, 11) is 0. The van der Waals surface area contributed by atoms with Gasteiger partial charge in [0.2, 0.25) is 5.91 Å². The molecule has 3 heteroatoms. The number of fused-ring (bicyclic) bond motifs is 1. The maximum atomic E-state index is 12.9. The number of hydrogen-bond donors (Lipinski definition) is 0. The summed E-state index contributed by atoms with van der Waals surface area (Å²) in [5.41, 5.74) is 3.08. The van der Waals surface area contributed by atoms with Crippen LogP contribution in [-0.2, 0) is 11.2 Å². The van der Waals surface area contributed by atoms with Crippen LogP contribution >= 0.6 is 0 Å². The molecule has 0 unspecified atom stereocenters. The predicted molar refractivity (Wildman–Crippen MR) is 115 cm³/mol. The molecule has 0 aromatic heterocycles. The molecule has 1 heterocycles. The highest BCUT2D eigenvalue weighted by Crippen LogP contribution is 2.31. The van der Waals surface area contributed by atoms with Gasteiger partial charge in [-0.2, -0.15) is 5.10 Å². The molecule has 0 fully saturated rings. The minimum atomic E-state index is -0.287. The van der Waals surface area contributed by atoms with Gasteiger partial charge in [0, 0.05) is 12.8 Å². The first-order valence-electron chi connectivity index (χ1n) is 9.97. The van der Waals surface area contributed by atoms with Gasteiger partial charge in [-0.1, -0.05) is 66.7 Å². The summed E-state index contributed by atoms with van der Waals surface area (Å²) in [5, 5.41) is 8.88. The van der Waals surface area contributed by atoms with Gasteiger partial charge in [-0.25, -0.2) is 5.01 Å². The van der Waals surface area contributed by atoms with Crippen LogP contribution in [0.1, 0.15) is 44.2 Å². The molecule has 28 heavy (non-hydrogen) atoms. The largest absolute Gasteiger partial charge is 0.273 e. The van der Waals surface area contributed by atoms with Gasteiger partial charge in [0.05, 0.1) is 11.3 Å². The van der Waals surface area contributed by atoms with E-state index >= 15 is 0 Å². The second-order valence-electron chi connectivity index (χ2n) is 8.14. The van der Waals surface area contributed by atoms with E-state index in [1.54, 1.807) is 5.01 Å². The highest BCUT2D eigenvalue weighted by atomic mass is 16.2. The zero-order valence-corrected chi connectivity index (χ0v) is 16.6. The SMILES string of the molecule is CC1(C)CC(c2ccc3ccccc3c2)=NN1C(=O)CCCc1ccccc1. The maximum Gasteiger partial charge on any atom is 0.243 e. The van der Waals surface area contributed by atoms with Crippen molar-refractivity contribution in [3.63, 3.8) is 0 Å². The highest BCUT2D eigenvalue weighted by molar-refractivity contribution is 6.05. The van der Waals surface area contributed by atoms with Gasteiger partial charge in [0.25, 0.3) is 0 Å². The summed E-state index contributed by atoms with van der Waals surface area (Å²) >= 11 is 0. The van der Waals surface area contributed by atoms with Gasteiger partial charge in [0.15, 0.2) is 0 Å². The molecular weight excluding hydrogens is 344 g/mol. The number of carbonyl (C=O) groups is 1. The standard InChI is InChI=1S/C25H26N2O/c1-25(2)18-23(22-16-15-20-12-6-7-13-21(20)17-22)26-27(25)24(28)14-8-11-19-9-4-3-5-10-19/h3-7,9-10,12-13,15-17H,8,11,14,18H2,1-2H3. The third-order valence-electron chi connectivity index (χ3n) is 5.41. The lowest BCUT2D eigenvalue weighted by Crippen LogP contribution is -2.40. The molecule has 3 nitrogen and oxygen atoms in total. The second kappa shape index (κ2) is 7.59. The van der Waals surface area contributed by atoms with Gasteiger partial charge in [-0.05, 0) is 54.7 Å². The molecule has 0 bridgehead atoms. The fraction of sp³-hybridized carbons (Fsp3) is 0.280. The first kappa shape index (κ1) is 18.4. The van der Waals surface area contributed by atoms with E-state index < -0.39 is 0 Å². The molecule has 0 aliphatic carbocycles. The molecule has 0 N–H and O–H groups in total. The summed E-state index contributed by atoms with van der Waals surface area (Å²) in [6.45, 7) is 4.19. The molecule has 0 saturated heterocycles. The third-order valence-corrected chi connectivity index (χ3v) is 5.41. The van der Waals surface area contributed by atoms with Crippen molar-refractivity contribution in [3.8, 4) is 0 Å². The summed E-state index contributed by atoms with van der Waals surface area (Å²) in [6, 6.07) is 25.1. The monoisotopic (exact) mass is 370 g/mol. The van der Waals surface area contributed by atoms with Crippen molar-refractivity contribution in [2.24, 2.45) is 5.10 Å². The number of amides is 1. The van der Waals surface area contributed by atoms with Crippen molar-refractivity contribution in [3.05, 3.63) is 83.9 Å². The minimum absolute atomic E-state index is 0.108. The van der Waals surface area contributed by atoms with Crippen molar-refractivity contribution in [1.82, 2.24) is 5.01 Å². The Kier molecular flexibility index (Phi) is 4.99. The van der Waals surface area contributed by atoms with Gasteiger partial charge in [-0.3, -0.25) is 4.79 Å². The molecule has 0 saturated carbocycles. The normalized spacial score (nSPS) is 15.6. The lowest BCUT2D eigenvalue weighted by atomic mass is 9.93. The van der Waals surface area contributed by atoms with Crippen molar-refractivity contribution >= 4 is 22.4 Å². The number of nitrogens with zero attached hydrogens (tertiary/aromatic N) is 2. The Hall–Kier alpha value is -2.94. The van der Waals surface area contributed by atoms with Crippen molar-refractivity contribution in [1.29, 1.82) is 0 Å². The first-order valence-corrected chi connectivity index (χ1v) is 9.97. The van der Waals surface area contributed by atoms with Crippen LogP contribution in [0.2, 0.25) is 0 Å². The van der Waals surface area contributed by atoms with Crippen LogP contribution in [0.25, 0.3) is 10.8 Å². The van der Waals surface area contributed by atoms with E-state index in [1.165, 1.54) is 16.3 Å². The molecule has 142 valence electrons. The minimum Gasteiger partial charge on any atom is -0.273 e. The second-order valence-corrected chi connectivity index (χ2v) is 8.14. The summed E-state index contributed by atoms with van der Waals surface area (Å²) < 4.78 is 0. The van der Waals surface area contributed by atoms with Gasteiger partial charge >= 0.3 is 0 Å². The first-order chi connectivity index (χ1) is 13.5. The number of hydrazone groups is 1. The van der Waals surface area contributed by atoms with Gasteiger partial charge in [0.1, 0.15) is 0 Å². The summed E-state index contributed by atoms with van der Waals surface area (Å²) in [5.74, 6) is 0.108. The molecule has 1 aliphatic heterocycles. The van der Waals surface area contributed by atoms with E-state index in [2.05, 4.69) is 62.4 Å². The maximum absolute atomic E-state index is 12.9. The predicted octanol–water partition coefficient (Wildman–Crippen LogP) is 5.58. The highest BCUT2D eigenvalue weighted by Gasteiger charge is 2.38. The Morgan fingerprint density at radius 1 is 0.964 bits per heavy atom. The smallest absolute Gasteiger partial charge is 0.243 e. The molecule has 1 amide bonds. The van der Waals surface area contributed by atoms with E-state index in [0.29, 0.717) is 6.42 Å². The Bertz CT molecular complexity index is 1020. The lowest BCUT2D eigenvalue weighted by Gasteiger charge is -2.28. The Balaban J connectivity index is 1.48. The molecule has 3 aromatic carbocycles. The fourth-order valence-electron chi connectivity index (χ4n) is 3.89. The van der Waals surface area contributed by atoms with E-state index in [-0.39, 0.29) is 11.4 Å². The lowest BCUT2D eigenvalue weighted by molar-refractivity contribution is -0.135. The third kappa shape index (κ3) is 3.84. The van der Waals surface area contributed by atoms with E-state index in [4.69, 9.17) is 5.10 Å². The molecule has 0 radical (unpaired) electrons. The van der Waals surface area contributed by atoms with E-state index in [0.717, 1.165) is 30.5 Å². The number of carbonyl (C=O) groups excluding carboxylic acids is 1. The average Bonchev–Trinajstić information content (AvgIpc) is 3.03. The summed E-state index contributed by atoms with van der Waals surface area (Å²) in [6.07, 6.45) is 3.06. The van der Waals surface area contributed by atoms with Gasteiger partial charge in [-0.15, -0.1) is 0 Å². The molecular formula is C25H26N2O. The molecule has 0 spiro atoms. The van der Waals surface area contributed by atoms with Crippen LogP contribution in [-0.4, -0.2) is 22.2 Å². The van der Waals surface area contributed by atoms with Crippen molar-refractivity contribution in [2.75, 3.05) is 0 Å². The fourth-order valence-corrected chi connectivity index (χ4v) is 3.89. The zero-order chi connectivity index (χ0) is 19.6. The van der Waals surface area contributed by atoms with Crippen LogP contribution in [0.3, 0.4) is 0 Å². The van der Waals surface area contributed by atoms with Crippen LogP contribution in [0, 0.1) is 0 Å². The molecule has 4 rings (SSSR count).